The van der Waals surface area contributed by atoms with Crippen molar-refractivity contribution in [3.8, 4) is 5.75 Å². The molecule has 0 N–H and O–H groups in total. The zero-order chi connectivity index (χ0) is 14.8. The van der Waals surface area contributed by atoms with Crippen LogP contribution >= 0.6 is 0 Å². The molecule has 1 heterocycles. The van der Waals surface area contributed by atoms with E-state index < -0.39 is 12.1 Å². The smallest absolute Gasteiger partial charge is 0.406 e. The molecule has 1 aromatic carbocycles. The van der Waals surface area contributed by atoms with Crippen molar-refractivity contribution in [1.29, 1.82) is 0 Å². The molecule has 1 saturated heterocycles. The zero-order valence-electron chi connectivity index (χ0n) is 11.4. The molecule has 0 spiro atoms. The summed E-state index contributed by atoms with van der Waals surface area (Å²) in [6, 6.07) is 5.89. The second-order valence-corrected chi connectivity index (χ2v) is 5.28. The Balaban J connectivity index is 1.88. The fraction of sp³-hybridized carbons (Fsp3) is 0.571. The largest absolute Gasteiger partial charge is 0.573 e. The summed E-state index contributed by atoms with van der Waals surface area (Å²) in [5.41, 5.74) is 0.927. The summed E-state index contributed by atoms with van der Waals surface area (Å²) in [5, 5.41) is 0. The van der Waals surface area contributed by atoms with Gasteiger partial charge < -0.3 is 14.2 Å². The Morgan fingerprint density at radius 2 is 1.70 bits per heavy atom. The first-order chi connectivity index (χ1) is 9.23. The molecule has 1 aliphatic rings. The van der Waals surface area contributed by atoms with E-state index in [2.05, 4.69) is 4.74 Å². The third kappa shape index (κ3) is 4.68. The third-order valence-corrected chi connectivity index (χ3v) is 3.01. The van der Waals surface area contributed by atoms with Gasteiger partial charge in [0.05, 0.1) is 13.2 Å². The number of benzene rings is 1. The number of rotatable bonds is 3. The lowest BCUT2D eigenvalue weighted by Gasteiger charge is -2.35. The van der Waals surface area contributed by atoms with Crippen molar-refractivity contribution in [2.24, 2.45) is 5.92 Å². The van der Waals surface area contributed by atoms with Crippen LogP contribution in [-0.4, -0.2) is 25.4 Å². The predicted octanol–water partition coefficient (Wildman–Crippen LogP) is 3.53. The summed E-state index contributed by atoms with van der Waals surface area (Å²) in [6.07, 6.45) is -3.96. The summed E-state index contributed by atoms with van der Waals surface area (Å²) in [7, 11) is 0. The summed E-state index contributed by atoms with van der Waals surface area (Å²) < 4.78 is 51.0. The van der Waals surface area contributed by atoms with Gasteiger partial charge in [-0.15, -0.1) is 13.2 Å². The predicted molar refractivity (Wildman–Crippen MR) is 66.3 cm³/mol. The van der Waals surface area contributed by atoms with Gasteiger partial charge in [0.25, 0.3) is 0 Å². The normalized spacial score (nSPS) is 19.9. The topological polar surface area (TPSA) is 27.7 Å². The molecular formula is C14H17F3O3. The highest BCUT2D eigenvalue weighted by molar-refractivity contribution is 5.27. The molecule has 0 saturated carbocycles. The summed E-state index contributed by atoms with van der Waals surface area (Å²) >= 11 is 0. The lowest BCUT2D eigenvalue weighted by Crippen LogP contribution is -2.39. The molecule has 0 radical (unpaired) electrons. The molecule has 0 unspecified atom stereocenters. The average molecular weight is 290 g/mol. The minimum absolute atomic E-state index is 0.206. The van der Waals surface area contributed by atoms with Gasteiger partial charge >= 0.3 is 6.36 Å². The van der Waals surface area contributed by atoms with Crippen LogP contribution in [0.2, 0.25) is 0 Å². The van der Waals surface area contributed by atoms with Gasteiger partial charge in [-0.3, -0.25) is 0 Å². The van der Waals surface area contributed by atoms with E-state index in [1.165, 1.54) is 12.1 Å². The minimum atomic E-state index is -4.65. The van der Waals surface area contributed by atoms with Gasteiger partial charge in [0, 0.05) is 5.92 Å². The van der Waals surface area contributed by atoms with E-state index in [-0.39, 0.29) is 11.7 Å². The highest BCUT2D eigenvalue weighted by Gasteiger charge is 2.31. The Bertz CT molecular complexity index is 430. The maximum Gasteiger partial charge on any atom is 0.573 e. The minimum Gasteiger partial charge on any atom is -0.406 e. The van der Waals surface area contributed by atoms with Crippen LogP contribution in [0.1, 0.15) is 19.4 Å². The average Bonchev–Trinajstić information content (AvgIpc) is 2.32. The molecule has 1 aromatic rings. The highest BCUT2D eigenvalue weighted by atomic mass is 19.4. The van der Waals surface area contributed by atoms with Crippen molar-refractivity contribution in [2.75, 3.05) is 13.2 Å². The zero-order valence-corrected chi connectivity index (χ0v) is 11.4. The van der Waals surface area contributed by atoms with Gasteiger partial charge in [-0.05, 0) is 38.0 Å². The van der Waals surface area contributed by atoms with Crippen molar-refractivity contribution in [3.05, 3.63) is 29.8 Å². The Labute approximate surface area is 115 Å². The molecule has 1 aliphatic heterocycles. The second-order valence-electron chi connectivity index (χ2n) is 5.28. The molecule has 1 fully saturated rings. The first kappa shape index (κ1) is 15.1. The summed E-state index contributed by atoms with van der Waals surface area (Å²) in [4.78, 5) is 0. The van der Waals surface area contributed by atoms with E-state index in [0.717, 1.165) is 5.56 Å². The number of halogens is 3. The number of ether oxygens (including phenoxy) is 3. The lowest BCUT2D eigenvalue weighted by atomic mass is 10.00. The lowest BCUT2D eigenvalue weighted by molar-refractivity contribution is -0.274. The molecule has 20 heavy (non-hydrogen) atoms. The fourth-order valence-electron chi connectivity index (χ4n) is 2.01. The fourth-order valence-corrected chi connectivity index (χ4v) is 2.01. The van der Waals surface area contributed by atoms with Crippen LogP contribution < -0.4 is 4.74 Å². The van der Waals surface area contributed by atoms with E-state index in [0.29, 0.717) is 19.6 Å². The van der Waals surface area contributed by atoms with E-state index >= 15 is 0 Å². The van der Waals surface area contributed by atoms with Gasteiger partial charge in [-0.1, -0.05) is 12.1 Å². The first-order valence-corrected chi connectivity index (χ1v) is 6.36. The number of alkyl halides is 3. The van der Waals surface area contributed by atoms with Crippen LogP contribution in [0.3, 0.4) is 0 Å². The van der Waals surface area contributed by atoms with Crippen LogP contribution in [0.4, 0.5) is 13.2 Å². The van der Waals surface area contributed by atoms with Crippen LogP contribution in [0.25, 0.3) is 0 Å². The molecular weight excluding hydrogens is 273 g/mol. The van der Waals surface area contributed by atoms with Gasteiger partial charge in [0.15, 0.2) is 5.79 Å². The van der Waals surface area contributed by atoms with Gasteiger partial charge in [0.1, 0.15) is 5.75 Å². The van der Waals surface area contributed by atoms with Crippen molar-refractivity contribution in [3.63, 3.8) is 0 Å². The Morgan fingerprint density at radius 1 is 1.15 bits per heavy atom. The van der Waals surface area contributed by atoms with Crippen LogP contribution in [0.15, 0.2) is 24.3 Å². The Morgan fingerprint density at radius 3 is 2.20 bits per heavy atom. The summed E-state index contributed by atoms with van der Waals surface area (Å²) in [6.45, 7) is 4.86. The highest BCUT2D eigenvalue weighted by Crippen LogP contribution is 2.25. The molecule has 0 aliphatic carbocycles. The molecule has 112 valence electrons. The summed E-state index contributed by atoms with van der Waals surface area (Å²) in [5.74, 6) is -0.558. The van der Waals surface area contributed by atoms with Crippen LogP contribution in [0.5, 0.6) is 5.75 Å². The molecule has 3 nitrogen and oxygen atoms in total. The molecule has 6 heteroatoms. The van der Waals surface area contributed by atoms with E-state index in [9.17, 15) is 13.2 Å². The second kappa shape index (κ2) is 5.61. The van der Waals surface area contributed by atoms with Gasteiger partial charge in [-0.2, -0.15) is 0 Å². The van der Waals surface area contributed by atoms with E-state index in [1.807, 2.05) is 13.8 Å². The monoisotopic (exact) mass is 290 g/mol. The van der Waals surface area contributed by atoms with Gasteiger partial charge in [-0.25, -0.2) is 0 Å². The Kier molecular flexibility index (Phi) is 4.25. The Hall–Kier alpha value is -1.27. The molecule has 2 rings (SSSR count). The molecule has 0 atom stereocenters. The van der Waals surface area contributed by atoms with Gasteiger partial charge in [0.2, 0.25) is 0 Å². The molecule has 0 aromatic heterocycles. The number of hydrogen-bond donors (Lipinski definition) is 0. The van der Waals surface area contributed by atoms with Crippen molar-refractivity contribution < 1.29 is 27.4 Å². The van der Waals surface area contributed by atoms with Crippen LogP contribution in [0, 0.1) is 5.92 Å². The van der Waals surface area contributed by atoms with E-state index in [1.54, 1.807) is 12.1 Å². The molecule has 0 amide bonds. The standard InChI is InChI=1S/C14H17F3O3/c1-13(2)18-8-11(9-19-13)7-10-3-5-12(6-4-10)20-14(15,16)17/h3-6,11H,7-9H2,1-2H3. The van der Waals surface area contributed by atoms with Crippen LogP contribution in [-0.2, 0) is 15.9 Å². The molecule has 0 bridgehead atoms. The van der Waals surface area contributed by atoms with E-state index in [4.69, 9.17) is 9.47 Å². The van der Waals surface area contributed by atoms with Crippen molar-refractivity contribution in [2.45, 2.75) is 32.4 Å². The first-order valence-electron chi connectivity index (χ1n) is 6.36. The quantitative estimate of drug-likeness (QED) is 0.852. The van der Waals surface area contributed by atoms with Crippen molar-refractivity contribution >= 4 is 0 Å². The third-order valence-electron chi connectivity index (χ3n) is 3.01. The SMILES string of the molecule is CC1(C)OCC(Cc2ccc(OC(F)(F)F)cc2)CO1. The maximum absolute atomic E-state index is 12.0. The maximum atomic E-state index is 12.0. The number of hydrogen-bond acceptors (Lipinski definition) is 3. The van der Waals surface area contributed by atoms with Crippen molar-refractivity contribution in [1.82, 2.24) is 0 Å².